The third-order valence-electron chi connectivity index (χ3n) is 3.20. The fourth-order valence-electron chi connectivity index (χ4n) is 2.45. The van der Waals surface area contributed by atoms with Gasteiger partial charge < -0.3 is 5.73 Å². The van der Waals surface area contributed by atoms with E-state index in [9.17, 15) is 4.79 Å². The van der Waals surface area contributed by atoms with E-state index in [0.29, 0.717) is 5.56 Å². The Hall–Kier alpha value is -0.880. The molecular weight excluding hydrogens is 405 g/mol. The fourth-order valence-corrected chi connectivity index (χ4v) is 3.46. The van der Waals surface area contributed by atoms with Crippen LogP contribution >= 0.6 is 38.5 Å². The van der Waals surface area contributed by atoms with Crippen LogP contribution in [0.4, 0.5) is 0 Å². The van der Waals surface area contributed by atoms with Gasteiger partial charge in [-0.1, -0.05) is 22.0 Å². The smallest absolute Gasteiger partial charge is 0.249 e. The fraction of sp³-hybridized carbons (Fsp3) is 0.0714. The van der Waals surface area contributed by atoms with Crippen molar-refractivity contribution in [3.8, 4) is 11.1 Å². The molecule has 0 aromatic heterocycles. The van der Waals surface area contributed by atoms with Gasteiger partial charge >= 0.3 is 0 Å². The van der Waals surface area contributed by atoms with E-state index in [1.807, 2.05) is 0 Å². The van der Waals surface area contributed by atoms with Gasteiger partial charge in [0, 0.05) is 13.6 Å². The number of halogens is 2. The molecule has 0 radical (unpaired) electrons. The Kier molecular flexibility index (Phi) is 2.94. The summed E-state index contributed by atoms with van der Waals surface area (Å²) in [6, 6.07) is 10.2. The maximum absolute atomic E-state index is 11.5. The highest BCUT2D eigenvalue weighted by atomic mass is 127. The van der Waals surface area contributed by atoms with Gasteiger partial charge in [0.1, 0.15) is 0 Å². The molecule has 2 nitrogen and oxygen atoms in total. The quantitative estimate of drug-likeness (QED) is 0.607. The van der Waals surface area contributed by atoms with Crippen LogP contribution in [0, 0.1) is 3.57 Å². The molecule has 0 spiro atoms. The summed E-state index contributed by atoms with van der Waals surface area (Å²) >= 11 is 5.74. The topological polar surface area (TPSA) is 43.1 Å². The molecule has 0 saturated heterocycles. The molecule has 0 heterocycles. The molecule has 1 aliphatic carbocycles. The van der Waals surface area contributed by atoms with Crippen molar-refractivity contribution in [2.45, 2.75) is 6.42 Å². The molecule has 2 aromatic carbocycles. The molecule has 3 rings (SSSR count). The first kappa shape index (κ1) is 12.2. The summed E-state index contributed by atoms with van der Waals surface area (Å²) in [6.45, 7) is 0. The molecule has 0 aliphatic heterocycles. The molecule has 18 heavy (non-hydrogen) atoms. The van der Waals surface area contributed by atoms with Crippen LogP contribution in [0.3, 0.4) is 0 Å². The summed E-state index contributed by atoms with van der Waals surface area (Å²) in [5.74, 6) is -0.366. The predicted octanol–water partition coefficient (Wildman–Crippen LogP) is 3.72. The monoisotopic (exact) mass is 413 g/mol. The van der Waals surface area contributed by atoms with Crippen LogP contribution in [0.15, 0.2) is 34.8 Å². The number of rotatable bonds is 1. The second-order valence-corrected chi connectivity index (χ2v) is 6.48. The van der Waals surface area contributed by atoms with E-state index in [4.69, 9.17) is 5.73 Å². The highest BCUT2D eigenvalue weighted by molar-refractivity contribution is 14.1. The Morgan fingerprint density at radius 2 is 2.00 bits per heavy atom. The average molecular weight is 414 g/mol. The molecule has 1 aliphatic rings. The van der Waals surface area contributed by atoms with Crippen molar-refractivity contribution in [1.29, 1.82) is 0 Å². The molecule has 0 fully saturated rings. The third-order valence-corrected chi connectivity index (χ3v) is 4.33. The lowest BCUT2D eigenvalue weighted by atomic mass is 10.0. The van der Waals surface area contributed by atoms with Crippen LogP contribution in [0.5, 0.6) is 0 Å². The number of benzene rings is 2. The van der Waals surface area contributed by atoms with E-state index >= 15 is 0 Å². The van der Waals surface area contributed by atoms with Crippen LogP contribution < -0.4 is 5.73 Å². The molecule has 0 atom stereocenters. The summed E-state index contributed by atoms with van der Waals surface area (Å²) in [4.78, 5) is 11.5. The first-order valence-corrected chi connectivity index (χ1v) is 7.34. The van der Waals surface area contributed by atoms with Gasteiger partial charge in [0.2, 0.25) is 5.91 Å². The SMILES string of the molecule is NC(=O)c1cc(Br)cc2c1Cc1cc(I)ccc1-2. The number of carbonyl (C=O) groups excluding carboxylic acids is 1. The lowest BCUT2D eigenvalue weighted by Gasteiger charge is -2.06. The standard InChI is InChI=1S/C14H9BrINO/c15-8-5-12-10-2-1-9(16)3-7(10)4-11(12)13(6-8)14(17)18/h1-3,5-6H,4H2,(H2,17,18). The maximum Gasteiger partial charge on any atom is 0.249 e. The number of nitrogens with two attached hydrogens (primary N) is 1. The number of hydrogen-bond donors (Lipinski definition) is 1. The van der Waals surface area contributed by atoms with Crippen molar-refractivity contribution in [3.05, 3.63) is 55.1 Å². The molecule has 0 unspecified atom stereocenters. The molecule has 0 saturated carbocycles. The van der Waals surface area contributed by atoms with Gasteiger partial charge in [-0.3, -0.25) is 4.79 Å². The lowest BCUT2D eigenvalue weighted by molar-refractivity contribution is 0.0999. The summed E-state index contributed by atoms with van der Waals surface area (Å²) < 4.78 is 2.10. The summed E-state index contributed by atoms with van der Waals surface area (Å²) in [5, 5.41) is 0. The number of hydrogen-bond acceptors (Lipinski definition) is 1. The summed E-state index contributed by atoms with van der Waals surface area (Å²) in [7, 11) is 0. The van der Waals surface area contributed by atoms with Gasteiger partial charge in [-0.15, -0.1) is 0 Å². The number of primary amides is 1. The van der Waals surface area contributed by atoms with Crippen LogP contribution in [0.1, 0.15) is 21.5 Å². The number of amides is 1. The van der Waals surface area contributed by atoms with E-state index < -0.39 is 0 Å². The Morgan fingerprint density at radius 3 is 2.72 bits per heavy atom. The predicted molar refractivity (Wildman–Crippen MR) is 83.6 cm³/mol. The summed E-state index contributed by atoms with van der Waals surface area (Å²) in [6.07, 6.45) is 0.785. The lowest BCUT2D eigenvalue weighted by Crippen LogP contribution is -2.13. The van der Waals surface area contributed by atoms with E-state index in [0.717, 1.165) is 22.0 Å². The van der Waals surface area contributed by atoms with E-state index in [2.05, 4.69) is 62.8 Å². The molecule has 1 amide bonds. The molecule has 90 valence electrons. The highest BCUT2D eigenvalue weighted by Crippen LogP contribution is 2.40. The van der Waals surface area contributed by atoms with Gasteiger partial charge in [-0.25, -0.2) is 0 Å². The second-order valence-electron chi connectivity index (χ2n) is 4.32. The Morgan fingerprint density at radius 1 is 1.22 bits per heavy atom. The largest absolute Gasteiger partial charge is 0.366 e. The van der Waals surface area contributed by atoms with Gasteiger partial charge in [-0.2, -0.15) is 0 Å². The number of fused-ring (bicyclic) bond motifs is 3. The minimum absolute atomic E-state index is 0.366. The van der Waals surface area contributed by atoms with Gasteiger partial charge in [-0.05, 0) is 75.5 Å². The van der Waals surface area contributed by atoms with Crippen LogP contribution in [-0.4, -0.2) is 5.91 Å². The van der Waals surface area contributed by atoms with E-state index in [1.165, 1.54) is 14.7 Å². The van der Waals surface area contributed by atoms with Gasteiger partial charge in [0.05, 0.1) is 0 Å². The van der Waals surface area contributed by atoms with Gasteiger partial charge in [0.15, 0.2) is 0 Å². The molecule has 2 aromatic rings. The van der Waals surface area contributed by atoms with Crippen LogP contribution in [0.2, 0.25) is 0 Å². The van der Waals surface area contributed by atoms with Gasteiger partial charge in [0.25, 0.3) is 0 Å². The van der Waals surface area contributed by atoms with Crippen molar-refractivity contribution in [2.24, 2.45) is 5.73 Å². The second kappa shape index (κ2) is 4.35. The maximum atomic E-state index is 11.5. The molecule has 4 heteroatoms. The third kappa shape index (κ3) is 1.87. The first-order chi connectivity index (χ1) is 8.56. The zero-order valence-corrected chi connectivity index (χ0v) is 13.1. The zero-order chi connectivity index (χ0) is 12.9. The number of carbonyl (C=O) groups is 1. The molecular formula is C14H9BrINO. The summed E-state index contributed by atoms with van der Waals surface area (Å²) in [5.41, 5.74) is 10.7. The van der Waals surface area contributed by atoms with Crippen molar-refractivity contribution in [1.82, 2.24) is 0 Å². The molecule has 0 bridgehead atoms. The minimum Gasteiger partial charge on any atom is -0.366 e. The molecule has 2 N–H and O–H groups in total. The first-order valence-electron chi connectivity index (χ1n) is 5.47. The van der Waals surface area contributed by atoms with Crippen molar-refractivity contribution in [2.75, 3.05) is 0 Å². The van der Waals surface area contributed by atoms with Crippen molar-refractivity contribution >= 4 is 44.4 Å². The van der Waals surface area contributed by atoms with Crippen molar-refractivity contribution < 1.29 is 4.79 Å². The average Bonchev–Trinajstić information content (AvgIpc) is 2.65. The normalized spacial score (nSPS) is 12.1. The van der Waals surface area contributed by atoms with Crippen LogP contribution in [-0.2, 0) is 6.42 Å². The van der Waals surface area contributed by atoms with Crippen molar-refractivity contribution in [3.63, 3.8) is 0 Å². The van der Waals surface area contributed by atoms with Crippen LogP contribution in [0.25, 0.3) is 11.1 Å². The Balaban J connectivity index is 2.29. The zero-order valence-electron chi connectivity index (χ0n) is 9.34. The minimum atomic E-state index is -0.366. The van der Waals surface area contributed by atoms with E-state index in [-0.39, 0.29) is 5.91 Å². The Bertz CT molecular complexity index is 682. The van der Waals surface area contributed by atoms with E-state index in [1.54, 1.807) is 6.07 Å². The Labute approximate surface area is 127 Å². The highest BCUT2D eigenvalue weighted by Gasteiger charge is 2.23.